The van der Waals surface area contributed by atoms with Crippen molar-refractivity contribution in [1.82, 2.24) is 13.9 Å². The van der Waals surface area contributed by atoms with Gasteiger partial charge in [0.2, 0.25) is 0 Å². The normalized spacial score (nSPS) is 27.9. The molecule has 4 atom stereocenters. The first-order valence-electron chi connectivity index (χ1n) is 11.4. The van der Waals surface area contributed by atoms with Gasteiger partial charge >= 0.3 is 11.4 Å². The van der Waals surface area contributed by atoms with E-state index in [1.54, 1.807) is 19.1 Å². The second kappa shape index (κ2) is 7.44. The number of carbonyl (C=O) groups excluding carboxylic acids is 2. The molecule has 1 aromatic carbocycles. The van der Waals surface area contributed by atoms with Gasteiger partial charge in [-0.2, -0.15) is 0 Å². The molecule has 1 aromatic heterocycles. The number of phenolic OH excluding ortho intramolecular Hbond substituents is 1. The molecular formula is C25H27N3O6. The van der Waals surface area contributed by atoms with Crippen LogP contribution in [0.3, 0.4) is 0 Å². The number of Topliss-reactive ketones (excluding diaryl/α,β-unsaturated/α-hetero) is 1. The van der Waals surface area contributed by atoms with Crippen molar-refractivity contribution >= 4 is 11.6 Å². The second-order valence-electron chi connectivity index (χ2n) is 9.49. The Morgan fingerprint density at radius 1 is 1.18 bits per heavy atom. The lowest BCUT2D eigenvalue weighted by Gasteiger charge is -2.52. The van der Waals surface area contributed by atoms with Gasteiger partial charge in [0.25, 0.3) is 0 Å². The van der Waals surface area contributed by atoms with Gasteiger partial charge in [0.15, 0.2) is 23.1 Å². The maximum absolute atomic E-state index is 13.7. The summed E-state index contributed by atoms with van der Waals surface area (Å²) in [7, 11) is 1.43. The average molecular weight is 466 g/mol. The molecule has 0 radical (unpaired) electrons. The minimum Gasteiger partial charge on any atom is -0.504 e. The molecular weight excluding hydrogens is 438 g/mol. The number of hydrogen-bond donors (Lipinski definition) is 1. The van der Waals surface area contributed by atoms with E-state index in [-0.39, 0.29) is 36.0 Å². The van der Waals surface area contributed by atoms with Crippen molar-refractivity contribution in [2.45, 2.75) is 45.7 Å². The fourth-order valence-corrected chi connectivity index (χ4v) is 6.13. The van der Waals surface area contributed by atoms with Crippen molar-refractivity contribution in [3.8, 4) is 11.5 Å². The van der Waals surface area contributed by atoms with Crippen molar-refractivity contribution in [3.05, 3.63) is 68.0 Å². The highest BCUT2D eigenvalue weighted by molar-refractivity contribution is 6.13. The van der Waals surface area contributed by atoms with Crippen molar-refractivity contribution < 1.29 is 19.4 Å². The highest BCUT2D eigenvalue weighted by Gasteiger charge is 2.59. The minimum absolute atomic E-state index is 0.0208. The highest BCUT2D eigenvalue weighted by atomic mass is 16.5. The fraction of sp³-hybridized carbons (Fsp3) is 0.440. The lowest BCUT2D eigenvalue weighted by atomic mass is 9.51. The predicted octanol–water partition coefficient (Wildman–Crippen LogP) is 1.84. The molecule has 178 valence electrons. The monoisotopic (exact) mass is 465 g/mol. The number of nitrogens with zero attached hydrogens (tertiary/aromatic N) is 3. The van der Waals surface area contributed by atoms with Gasteiger partial charge in [-0.25, -0.2) is 23.5 Å². The highest BCUT2D eigenvalue weighted by Crippen LogP contribution is 2.60. The summed E-state index contributed by atoms with van der Waals surface area (Å²) >= 11 is 0. The standard InChI is InChI=1S/C25H27N3O6/c1-5-34-20-11-14(6-7-18(20)29)21-15-8-9-27-23(32)26(4)24(33)28(27)17(15)12-16-19(30)10-13(2)22(31)25(16,21)3/h6-8,10-11,16-17,21,29H,5,9,12H2,1-4H3/t16-,17+,21-,25+/m0/s1. The molecule has 0 unspecified atom stereocenters. The van der Waals surface area contributed by atoms with Crippen LogP contribution in [0.5, 0.6) is 11.5 Å². The third kappa shape index (κ3) is 2.79. The molecule has 34 heavy (non-hydrogen) atoms. The van der Waals surface area contributed by atoms with E-state index in [4.69, 9.17) is 4.74 Å². The number of fused-ring (bicyclic) bond motifs is 4. The third-order valence-electron chi connectivity index (χ3n) is 7.71. The molecule has 0 saturated heterocycles. The van der Waals surface area contributed by atoms with Gasteiger partial charge in [-0.05, 0) is 55.2 Å². The Bertz CT molecular complexity index is 1420. The molecule has 0 amide bonds. The maximum Gasteiger partial charge on any atom is 0.347 e. The van der Waals surface area contributed by atoms with E-state index in [1.165, 1.54) is 28.6 Å². The van der Waals surface area contributed by atoms with Crippen LogP contribution in [0.25, 0.3) is 0 Å². The third-order valence-corrected chi connectivity index (χ3v) is 7.71. The molecule has 0 spiro atoms. The summed E-state index contributed by atoms with van der Waals surface area (Å²) in [5.41, 5.74) is -0.0308. The van der Waals surface area contributed by atoms with E-state index in [0.29, 0.717) is 17.7 Å². The number of aromatic hydroxyl groups is 1. The van der Waals surface area contributed by atoms with Crippen LogP contribution in [-0.4, -0.2) is 37.2 Å². The van der Waals surface area contributed by atoms with E-state index in [0.717, 1.165) is 10.1 Å². The number of phenols is 1. The topological polar surface area (TPSA) is 113 Å². The Kier molecular flexibility index (Phi) is 4.86. The van der Waals surface area contributed by atoms with E-state index in [9.17, 15) is 24.3 Å². The van der Waals surface area contributed by atoms with E-state index in [2.05, 4.69) is 0 Å². The smallest absolute Gasteiger partial charge is 0.347 e. The van der Waals surface area contributed by atoms with Gasteiger partial charge < -0.3 is 9.84 Å². The molecule has 9 nitrogen and oxygen atoms in total. The van der Waals surface area contributed by atoms with Gasteiger partial charge in [0.05, 0.1) is 24.6 Å². The second-order valence-corrected chi connectivity index (χ2v) is 9.49. The number of ketones is 2. The summed E-state index contributed by atoms with van der Waals surface area (Å²) in [5.74, 6) is -1.23. The largest absolute Gasteiger partial charge is 0.504 e. The molecule has 1 aliphatic heterocycles. The van der Waals surface area contributed by atoms with Gasteiger partial charge in [-0.3, -0.25) is 9.59 Å². The zero-order valence-corrected chi connectivity index (χ0v) is 19.6. The average Bonchev–Trinajstić information content (AvgIpc) is 3.03. The Balaban J connectivity index is 1.78. The zero-order chi connectivity index (χ0) is 24.5. The molecule has 2 aliphatic carbocycles. The molecule has 1 N–H and O–H groups in total. The van der Waals surface area contributed by atoms with E-state index < -0.39 is 34.7 Å². The first kappa shape index (κ1) is 22.2. The Labute approximate surface area is 195 Å². The first-order valence-corrected chi connectivity index (χ1v) is 11.4. The quantitative estimate of drug-likeness (QED) is 0.693. The fourth-order valence-electron chi connectivity index (χ4n) is 6.13. The molecule has 9 heteroatoms. The summed E-state index contributed by atoms with van der Waals surface area (Å²) in [6.45, 7) is 5.81. The number of aromatic nitrogens is 3. The van der Waals surface area contributed by atoms with Gasteiger partial charge in [-0.1, -0.05) is 19.1 Å². The van der Waals surface area contributed by atoms with Crippen molar-refractivity contribution in [1.29, 1.82) is 0 Å². The van der Waals surface area contributed by atoms with E-state index in [1.807, 2.05) is 19.9 Å². The molecule has 2 aromatic rings. The number of hydrogen-bond acceptors (Lipinski definition) is 6. The number of benzene rings is 1. The van der Waals surface area contributed by atoms with Crippen LogP contribution in [-0.2, 0) is 23.2 Å². The lowest BCUT2D eigenvalue weighted by molar-refractivity contribution is -0.139. The molecule has 1 fully saturated rings. The van der Waals surface area contributed by atoms with Gasteiger partial charge in [0, 0.05) is 18.9 Å². The van der Waals surface area contributed by atoms with Crippen molar-refractivity contribution in [2.75, 3.05) is 6.61 Å². The van der Waals surface area contributed by atoms with Crippen molar-refractivity contribution in [3.63, 3.8) is 0 Å². The molecule has 2 heterocycles. The van der Waals surface area contributed by atoms with Crippen LogP contribution in [0.1, 0.15) is 44.7 Å². The van der Waals surface area contributed by atoms with Crippen LogP contribution >= 0.6 is 0 Å². The van der Waals surface area contributed by atoms with Crippen LogP contribution in [0.4, 0.5) is 0 Å². The van der Waals surface area contributed by atoms with Gasteiger partial charge in [-0.15, -0.1) is 0 Å². The summed E-state index contributed by atoms with van der Waals surface area (Å²) in [6, 6.07) is 4.41. The number of allylic oxidation sites excluding steroid dienone is 4. The summed E-state index contributed by atoms with van der Waals surface area (Å²) in [6.07, 6.45) is 3.54. The molecule has 5 rings (SSSR count). The Morgan fingerprint density at radius 2 is 1.91 bits per heavy atom. The number of carbonyl (C=O) groups is 2. The van der Waals surface area contributed by atoms with E-state index >= 15 is 0 Å². The van der Waals surface area contributed by atoms with Gasteiger partial charge in [0.1, 0.15) is 0 Å². The maximum atomic E-state index is 13.7. The lowest BCUT2D eigenvalue weighted by Crippen LogP contribution is -2.54. The Morgan fingerprint density at radius 3 is 2.62 bits per heavy atom. The molecule has 1 saturated carbocycles. The molecule has 3 aliphatic rings. The predicted molar refractivity (Wildman–Crippen MR) is 123 cm³/mol. The summed E-state index contributed by atoms with van der Waals surface area (Å²) < 4.78 is 9.47. The minimum atomic E-state index is -1.08. The number of rotatable bonds is 3. The van der Waals surface area contributed by atoms with Crippen LogP contribution in [0.15, 0.2) is 51.1 Å². The zero-order valence-electron chi connectivity index (χ0n) is 19.6. The SMILES string of the molecule is CCOc1cc([C@H]2C3=CCn4c(=O)n(C)c(=O)n4[C@@H]3C[C@H]3C(=O)C=C(C)C(=O)[C@@]23C)ccc1O. The van der Waals surface area contributed by atoms with Crippen LogP contribution in [0, 0.1) is 11.3 Å². The first-order chi connectivity index (χ1) is 16.1. The Hall–Kier alpha value is -3.62. The van der Waals surface area contributed by atoms with Crippen LogP contribution in [0.2, 0.25) is 0 Å². The summed E-state index contributed by atoms with van der Waals surface area (Å²) in [5, 5.41) is 10.3. The van der Waals surface area contributed by atoms with Crippen LogP contribution < -0.4 is 16.1 Å². The molecule has 0 bridgehead atoms. The van der Waals surface area contributed by atoms with Crippen molar-refractivity contribution in [2.24, 2.45) is 18.4 Å². The summed E-state index contributed by atoms with van der Waals surface area (Å²) in [4.78, 5) is 52.6. The number of ether oxygens (including phenoxy) is 1.